The van der Waals surface area contributed by atoms with Crippen molar-refractivity contribution in [1.29, 1.82) is 0 Å². The molecular formula is C15H14BrCl2NO. The van der Waals surface area contributed by atoms with Gasteiger partial charge in [0, 0.05) is 16.6 Å². The molecule has 0 aromatic heterocycles. The van der Waals surface area contributed by atoms with Crippen molar-refractivity contribution in [2.45, 2.75) is 13.5 Å². The average Bonchev–Trinajstić information content (AvgIpc) is 2.44. The van der Waals surface area contributed by atoms with Crippen LogP contribution in [0.15, 0.2) is 40.9 Å². The summed E-state index contributed by atoms with van der Waals surface area (Å²) in [4.78, 5) is 0. The van der Waals surface area contributed by atoms with Gasteiger partial charge < -0.3 is 10.1 Å². The number of hydrogen-bond acceptors (Lipinski definition) is 2. The molecule has 0 unspecified atom stereocenters. The van der Waals surface area contributed by atoms with E-state index in [-0.39, 0.29) is 0 Å². The van der Waals surface area contributed by atoms with Crippen molar-refractivity contribution in [1.82, 2.24) is 5.32 Å². The average molecular weight is 375 g/mol. The van der Waals surface area contributed by atoms with E-state index in [1.165, 1.54) is 0 Å². The molecule has 0 aliphatic carbocycles. The van der Waals surface area contributed by atoms with E-state index in [1.807, 2.05) is 24.3 Å². The summed E-state index contributed by atoms with van der Waals surface area (Å²) in [5.41, 5.74) is 1.05. The molecule has 0 heterocycles. The van der Waals surface area contributed by atoms with Crippen LogP contribution in [0.1, 0.15) is 12.5 Å². The molecule has 0 saturated heterocycles. The van der Waals surface area contributed by atoms with Gasteiger partial charge in [0.2, 0.25) is 0 Å². The molecule has 0 bridgehead atoms. The first-order valence-electron chi connectivity index (χ1n) is 6.23. The number of halogens is 3. The van der Waals surface area contributed by atoms with Crippen LogP contribution in [-0.2, 0) is 6.54 Å². The van der Waals surface area contributed by atoms with Crippen molar-refractivity contribution >= 4 is 39.1 Å². The van der Waals surface area contributed by atoms with Crippen molar-refractivity contribution in [3.05, 3.63) is 56.5 Å². The van der Waals surface area contributed by atoms with Gasteiger partial charge in [0.05, 0.1) is 5.02 Å². The Kier molecular flexibility index (Phi) is 5.73. The third-order valence-electron chi connectivity index (χ3n) is 2.72. The van der Waals surface area contributed by atoms with Gasteiger partial charge in [0.15, 0.2) is 0 Å². The Morgan fingerprint density at radius 3 is 2.70 bits per heavy atom. The molecule has 5 heteroatoms. The molecule has 1 N–H and O–H groups in total. The van der Waals surface area contributed by atoms with E-state index in [2.05, 4.69) is 28.2 Å². The summed E-state index contributed by atoms with van der Waals surface area (Å²) in [5.74, 6) is 1.32. The van der Waals surface area contributed by atoms with Crippen LogP contribution in [0.5, 0.6) is 11.5 Å². The fraction of sp³-hybridized carbons (Fsp3) is 0.200. The Balaban J connectivity index is 2.30. The fourth-order valence-electron chi connectivity index (χ4n) is 1.73. The molecule has 20 heavy (non-hydrogen) atoms. The van der Waals surface area contributed by atoms with E-state index >= 15 is 0 Å². The maximum absolute atomic E-state index is 6.15. The van der Waals surface area contributed by atoms with Gasteiger partial charge in [-0.25, -0.2) is 0 Å². The lowest BCUT2D eigenvalue weighted by atomic mass is 10.2. The van der Waals surface area contributed by atoms with Crippen molar-refractivity contribution < 1.29 is 4.74 Å². The zero-order valence-corrected chi connectivity index (χ0v) is 14.0. The van der Waals surface area contributed by atoms with Gasteiger partial charge in [0.25, 0.3) is 0 Å². The highest BCUT2D eigenvalue weighted by Gasteiger charge is 2.10. The molecule has 2 rings (SSSR count). The van der Waals surface area contributed by atoms with Crippen molar-refractivity contribution in [2.24, 2.45) is 0 Å². The highest BCUT2D eigenvalue weighted by molar-refractivity contribution is 9.10. The van der Waals surface area contributed by atoms with Gasteiger partial charge in [-0.1, -0.05) is 52.1 Å². The smallest absolute Gasteiger partial charge is 0.147 e. The lowest BCUT2D eigenvalue weighted by Gasteiger charge is -2.13. The summed E-state index contributed by atoms with van der Waals surface area (Å²) in [6, 6.07) is 11.2. The molecule has 106 valence electrons. The summed E-state index contributed by atoms with van der Waals surface area (Å²) in [6.45, 7) is 3.68. The second-order valence-electron chi connectivity index (χ2n) is 4.19. The molecule has 0 amide bonds. The SMILES string of the molecule is CCNCc1cc(Br)ccc1Oc1cccc(Cl)c1Cl. The molecule has 0 aliphatic heterocycles. The van der Waals surface area contributed by atoms with Crippen LogP contribution in [0.2, 0.25) is 10.0 Å². The van der Waals surface area contributed by atoms with Crippen LogP contribution in [0.3, 0.4) is 0 Å². The zero-order chi connectivity index (χ0) is 14.5. The Hall–Kier alpha value is -0.740. The van der Waals surface area contributed by atoms with E-state index in [1.54, 1.807) is 12.1 Å². The van der Waals surface area contributed by atoms with Gasteiger partial charge in [0.1, 0.15) is 16.5 Å². The van der Waals surface area contributed by atoms with Gasteiger partial charge in [-0.05, 0) is 36.9 Å². The van der Waals surface area contributed by atoms with Crippen molar-refractivity contribution in [2.75, 3.05) is 6.54 Å². The molecule has 0 aliphatic rings. The Morgan fingerprint density at radius 1 is 1.15 bits per heavy atom. The second kappa shape index (κ2) is 7.32. The normalized spacial score (nSPS) is 10.6. The molecule has 0 radical (unpaired) electrons. The lowest BCUT2D eigenvalue weighted by molar-refractivity contribution is 0.473. The van der Waals surface area contributed by atoms with E-state index in [0.717, 1.165) is 28.9 Å². The Labute approximate surface area is 137 Å². The molecule has 2 aromatic carbocycles. The molecule has 0 atom stereocenters. The van der Waals surface area contributed by atoms with Crippen LogP contribution >= 0.6 is 39.1 Å². The number of hydrogen-bond donors (Lipinski definition) is 1. The van der Waals surface area contributed by atoms with Crippen LogP contribution in [0, 0.1) is 0 Å². The molecular weight excluding hydrogens is 361 g/mol. The van der Waals surface area contributed by atoms with Crippen LogP contribution in [0.4, 0.5) is 0 Å². The molecule has 0 fully saturated rings. The van der Waals surface area contributed by atoms with E-state index < -0.39 is 0 Å². The lowest BCUT2D eigenvalue weighted by Crippen LogP contribution is -2.12. The molecule has 2 nitrogen and oxygen atoms in total. The molecule has 0 spiro atoms. The highest BCUT2D eigenvalue weighted by Crippen LogP contribution is 2.36. The highest BCUT2D eigenvalue weighted by atomic mass is 79.9. The van der Waals surface area contributed by atoms with E-state index in [9.17, 15) is 0 Å². The number of benzene rings is 2. The topological polar surface area (TPSA) is 21.3 Å². The van der Waals surface area contributed by atoms with E-state index in [0.29, 0.717) is 15.8 Å². The first-order chi connectivity index (χ1) is 9.61. The fourth-order valence-corrected chi connectivity index (χ4v) is 2.47. The van der Waals surface area contributed by atoms with Crippen molar-refractivity contribution in [3.8, 4) is 11.5 Å². The minimum atomic E-state index is 0.423. The van der Waals surface area contributed by atoms with Crippen molar-refractivity contribution in [3.63, 3.8) is 0 Å². The zero-order valence-electron chi connectivity index (χ0n) is 10.9. The number of nitrogens with one attached hydrogen (secondary N) is 1. The Morgan fingerprint density at radius 2 is 1.95 bits per heavy atom. The number of ether oxygens (including phenoxy) is 1. The summed E-state index contributed by atoms with van der Waals surface area (Å²) in [7, 11) is 0. The van der Waals surface area contributed by atoms with Crippen LogP contribution < -0.4 is 10.1 Å². The summed E-state index contributed by atoms with van der Waals surface area (Å²) in [6.07, 6.45) is 0. The number of rotatable bonds is 5. The minimum Gasteiger partial charge on any atom is -0.455 e. The van der Waals surface area contributed by atoms with Gasteiger partial charge >= 0.3 is 0 Å². The second-order valence-corrected chi connectivity index (χ2v) is 5.89. The third-order valence-corrected chi connectivity index (χ3v) is 4.02. The molecule has 0 saturated carbocycles. The first-order valence-corrected chi connectivity index (χ1v) is 7.77. The monoisotopic (exact) mass is 373 g/mol. The standard InChI is InChI=1S/C15H14BrCl2NO/c1-2-19-9-10-8-11(16)6-7-13(10)20-14-5-3-4-12(17)15(14)18/h3-8,19H,2,9H2,1H3. The predicted molar refractivity (Wildman–Crippen MR) is 88.1 cm³/mol. The predicted octanol–water partition coefficient (Wildman–Crippen LogP) is 5.66. The Bertz CT molecular complexity index is 604. The largest absolute Gasteiger partial charge is 0.455 e. The summed E-state index contributed by atoms with van der Waals surface area (Å²) < 4.78 is 6.91. The maximum Gasteiger partial charge on any atom is 0.147 e. The first kappa shape index (κ1) is 15.6. The van der Waals surface area contributed by atoms with Crippen LogP contribution in [-0.4, -0.2) is 6.54 Å². The summed E-state index contributed by atoms with van der Waals surface area (Å²) in [5, 5.41) is 4.19. The van der Waals surface area contributed by atoms with Gasteiger partial charge in [-0.15, -0.1) is 0 Å². The van der Waals surface area contributed by atoms with E-state index in [4.69, 9.17) is 27.9 Å². The summed E-state index contributed by atoms with van der Waals surface area (Å²) >= 11 is 15.6. The quantitative estimate of drug-likeness (QED) is 0.729. The third kappa shape index (κ3) is 3.89. The maximum atomic E-state index is 6.15. The minimum absolute atomic E-state index is 0.423. The van der Waals surface area contributed by atoms with Gasteiger partial charge in [-0.2, -0.15) is 0 Å². The van der Waals surface area contributed by atoms with Gasteiger partial charge in [-0.3, -0.25) is 0 Å². The molecule has 2 aromatic rings. The van der Waals surface area contributed by atoms with Crippen LogP contribution in [0.25, 0.3) is 0 Å².